The number of amides is 1. The van der Waals surface area contributed by atoms with E-state index in [1.54, 1.807) is 43.3 Å². The molecular formula is C28H24N4O6S. The van der Waals surface area contributed by atoms with Gasteiger partial charge in [0.2, 0.25) is 10.0 Å². The van der Waals surface area contributed by atoms with Crippen LogP contribution in [0.2, 0.25) is 0 Å². The molecule has 0 radical (unpaired) electrons. The maximum Gasteiger partial charge on any atom is 0.416 e. The zero-order valence-electron chi connectivity index (χ0n) is 20.7. The van der Waals surface area contributed by atoms with Gasteiger partial charge in [0.05, 0.1) is 10.6 Å². The Morgan fingerprint density at radius 2 is 1.67 bits per heavy atom. The van der Waals surface area contributed by atoms with Crippen LogP contribution in [0.25, 0.3) is 22.1 Å². The number of para-hydroxylation sites is 1. The molecule has 198 valence electrons. The molecule has 2 heterocycles. The van der Waals surface area contributed by atoms with E-state index in [1.807, 2.05) is 30.3 Å². The molecule has 1 atom stereocenters. The fourth-order valence-electron chi connectivity index (χ4n) is 4.12. The third-order valence-electron chi connectivity index (χ3n) is 6.02. The maximum absolute atomic E-state index is 12.8. The molecule has 0 saturated heterocycles. The summed E-state index contributed by atoms with van der Waals surface area (Å²) in [6, 6.07) is 22.2. The number of carboxylic acid groups (broad SMARTS) is 1. The second-order valence-electron chi connectivity index (χ2n) is 8.99. The lowest BCUT2D eigenvalue weighted by molar-refractivity contribution is 0.0998. The minimum absolute atomic E-state index is 0.101. The van der Waals surface area contributed by atoms with Crippen molar-refractivity contribution in [3.63, 3.8) is 0 Å². The van der Waals surface area contributed by atoms with E-state index in [2.05, 4.69) is 15.0 Å². The second-order valence-corrected chi connectivity index (χ2v) is 10.7. The predicted octanol–water partition coefficient (Wildman–Crippen LogP) is 4.98. The Labute approximate surface area is 224 Å². The smallest absolute Gasteiger partial charge is 0.416 e. The Kier molecular flexibility index (Phi) is 7.01. The molecule has 0 fully saturated rings. The summed E-state index contributed by atoms with van der Waals surface area (Å²) in [5.41, 5.74) is 3.34. The fourth-order valence-corrected chi connectivity index (χ4v) is 5.36. The summed E-state index contributed by atoms with van der Waals surface area (Å²) < 4.78 is 34.8. The van der Waals surface area contributed by atoms with Gasteiger partial charge in [-0.3, -0.25) is 4.79 Å². The predicted molar refractivity (Wildman–Crippen MR) is 145 cm³/mol. The molecule has 5 aromatic rings. The van der Waals surface area contributed by atoms with Gasteiger partial charge in [0, 0.05) is 29.7 Å². The maximum atomic E-state index is 12.8. The summed E-state index contributed by atoms with van der Waals surface area (Å²) in [6.07, 6.45) is 1.58. The third-order valence-corrected chi connectivity index (χ3v) is 7.62. The van der Waals surface area contributed by atoms with Crippen LogP contribution in [-0.2, 0) is 16.4 Å². The van der Waals surface area contributed by atoms with Crippen molar-refractivity contribution in [3.8, 4) is 11.1 Å². The van der Waals surface area contributed by atoms with E-state index in [4.69, 9.17) is 9.52 Å². The Bertz CT molecular complexity index is 1720. The van der Waals surface area contributed by atoms with Crippen LogP contribution in [0, 0.1) is 0 Å². The van der Waals surface area contributed by atoms with Crippen LogP contribution in [0.15, 0.2) is 101 Å². The zero-order chi connectivity index (χ0) is 27.6. The number of nitrogens with one attached hydrogen (secondary N) is 2. The zero-order valence-corrected chi connectivity index (χ0v) is 21.6. The standard InChI is InChI=1S/C28H24N4O6S/c1-18(14-23-16-32(17-29-23)28(34)35)31-39(36,37)24-12-8-20(9-13-24)19-6-10-22(11-7-19)30-27(33)26-15-21-4-2-3-5-25(21)38-26/h2-13,15-18,31H,14H2,1H3,(H,30,33)(H,34,35)/t18-/m1/s1. The van der Waals surface area contributed by atoms with Crippen LogP contribution in [0.3, 0.4) is 0 Å². The number of imidazole rings is 1. The highest BCUT2D eigenvalue weighted by molar-refractivity contribution is 7.89. The summed E-state index contributed by atoms with van der Waals surface area (Å²) in [6.45, 7) is 1.68. The second kappa shape index (κ2) is 10.6. The average molecular weight is 545 g/mol. The van der Waals surface area contributed by atoms with Gasteiger partial charge in [-0.15, -0.1) is 0 Å². The van der Waals surface area contributed by atoms with Gasteiger partial charge in [-0.2, -0.15) is 0 Å². The lowest BCUT2D eigenvalue weighted by Gasteiger charge is -2.13. The summed E-state index contributed by atoms with van der Waals surface area (Å²) in [5.74, 6) is -0.139. The van der Waals surface area contributed by atoms with Gasteiger partial charge < -0.3 is 14.8 Å². The number of fused-ring (bicyclic) bond motifs is 1. The molecule has 5 rings (SSSR count). The van der Waals surface area contributed by atoms with E-state index in [0.717, 1.165) is 21.1 Å². The quantitative estimate of drug-likeness (QED) is 0.250. The van der Waals surface area contributed by atoms with E-state index < -0.39 is 22.2 Å². The summed E-state index contributed by atoms with van der Waals surface area (Å²) in [4.78, 5) is 27.6. The molecule has 2 aromatic heterocycles. The number of sulfonamides is 1. The van der Waals surface area contributed by atoms with Gasteiger partial charge in [0.15, 0.2) is 5.76 Å². The van der Waals surface area contributed by atoms with E-state index in [0.29, 0.717) is 17.0 Å². The van der Waals surface area contributed by atoms with Crippen molar-refractivity contribution in [3.05, 3.63) is 103 Å². The first-order valence-corrected chi connectivity index (χ1v) is 13.5. The number of nitrogens with zero attached hydrogens (tertiary/aromatic N) is 2. The van der Waals surface area contributed by atoms with Crippen LogP contribution >= 0.6 is 0 Å². The van der Waals surface area contributed by atoms with Crippen LogP contribution in [0.1, 0.15) is 23.2 Å². The molecule has 3 N–H and O–H groups in total. The normalized spacial score (nSPS) is 12.3. The third kappa shape index (κ3) is 5.89. The topological polar surface area (TPSA) is 144 Å². The van der Waals surface area contributed by atoms with Crippen molar-refractivity contribution in [1.82, 2.24) is 14.3 Å². The minimum atomic E-state index is -3.80. The molecule has 0 spiro atoms. The first kappa shape index (κ1) is 25.9. The van der Waals surface area contributed by atoms with Gasteiger partial charge in [-0.1, -0.05) is 42.5 Å². The Hall–Kier alpha value is -4.74. The van der Waals surface area contributed by atoms with E-state index >= 15 is 0 Å². The van der Waals surface area contributed by atoms with Crippen LogP contribution in [-0.4, -0.2) is 41.1 Å². The van der Waals surface area contributed by atoms with Gasteiger partial charge in [-0.05, 0) is 54.4 Å². The number of anilines is 1. The van der Waals surface area contributed by atoms with Crippen molar-refractivity contribution in [1.29, 1.82) is 0 Å². The number of carbonyl (C=O) groups excluding carboxylic acids is 1. The largest absolute Gasteiger partial charge is 0.464 e. The van der Waals surface area contributed by atoms with Crippen LogP contribution < -0.4 is 10.0 Å². The Balaban J connectivity index is 1.21. The highest BCUT2D eigenvalue weighted by atomic mass is 32.2. The fraction of sp³-hybridized carbons (Fsp3) is 0.107. The van der Waals surface area contributed by atoms with Crippen molar-refractivity contribution < 1.29 is 27.5 Å². The van der Waals surface area contributed by atoms with Gasteiger partial charge in [0.1, 0.15) is 11.9 Å². The van der Waals surface area contributed by atoms with E-state index in [-0.39, 0.29) is 23.0 Å². The molecule has 0 aliphatic carbocycles. The number of aromatic nitrogens is 2. The van der Waals surface area contributed by atoms with E-state index in [9.17, 15) is 18.0 Å². The molecule has 0 bridgehead atoms. The molecule has 0 saturated carbocycles. The van der Waals surface area contributed by atoms with Crippen molar-refractivity contribution in [2.45, 2.75) is 24.3 Å². The molecular weight excluding hydrogens is 520 g/mol. The molecule has 10 nitrogen and oxygen atoms in total. The molecule has 0 unspecified atom stereocenters. The molecule has 0 aliphatic heterocycles. The number of hydrogen-bond acceptors (Lipinski definition) is 6. The first-order valence-electron chi connectivity index (χ1n) is 12.0. The van der Waals surface area contributed by atoms with Crippen LogP contribution in [0.5, 0.6) is 0 Å². The molecule has 1 amide bonds. The lowest BCUT2D eigenvalue weighted by atomic mass is 10.1. The highest BCUT2D eigenvalue weighted by Crippen LogP contribution is 2.24. The van der Waals surface area contributed by atoms with E-state index in [1.165, 1.54) is 24.7 Å². The van der Waals surface area contributed by atoms with Crippen LogP contribution in [0.4, 0.5) is 10.5 Å². The Morgan fingerprint density at radius 1 is 1.00 bits per heavy atom. The lowest BCUT2D eigenvalue weighted by Crippen LogP contribution is -2.34. The van der Waals surface area contributed by atoms with Gasteiger partial charge >= 0.3 is 6.09 Å². The number of benzene rings is 3. The van der Waals surface area contributed by atoms with Crippen molar-refractivity contribution in [2.75, 3.05) is 5.32 Å². The Morgan fingerprint density at radius 3 is 2.31 bits per heavy atom. The number of hydrogen-bond donors (Lipinski definition) is 3. The average Bonchev–Trinajstić information content (AvgIpc) is 3.56. The number of furan rings is 1. The number of rotatable bonds is 8. The summed E-state index contributed by atoms with van der Waals surface area (Å²) in [7, 11) is -3.80. The monoisotopic (exact) mass is 544 g/mol. The molecule has 39 heavy (non-hydrogen) atoms. The van der Waals surface area contributed by atoms with Gasteiger partial charge in [0.25, 0.3) is 5.91 Å². The minimum Gasteiger partial charge on any atom is -0.464 e. The molecule has 0 aliphatic rings. The molecule has 3 aromatic carbocycles. The summed E-state index contributed by atoms with van der Waals surface area (Å²) >= 11 is 0. The van der Waals surface area contributed by atoms with Crippen molar-refractivity contribution in [2.24, 2.45) is 0 Å². The summed E-state index contributed by atoms with van der Waals surface area (Å²) in [5, 5.41) is 12.6. The molecule has 11 heteroatoms. The van der Waals surface area contributed by atoms with Crippen molar-refractivity contribution >= 4 is 38.7 Å². The number of carbonyl (C=O) groups is 2. The highest BCUT2D eigenvalue weighted by Gasteiger charge is 2.19. The SMILES string of the molecule is C[C@H](Cc1cn(C(=O)O)cn1)NS(=O)(=O)c1ccc(-c2ccc(NC(=O)c3cc4ccccc4o3)cc2)cc1. The van der Waals surface area contributed by atoms with Gasteiger partial charge in [-0.25, -0.2) is 27.5 Å². The first-order chi connectivity index (χ1) is 18.7.